The van der Waals surface area contributed by atoms with Crippen molar-refractivity contribution in [3.05, 3.63) is 18.0 Å². The van der Waals surface area contributed by atoms with Gasteiger partial charge in [0.25, 0.3) is 0 Å². The molecule has 1 fully saturated rings. The number of hydrogen-bond acceptors (Lipinski definition) is 4. The van der Waals surface area contributed by atoms with Crippen LogP contribution in [0.5, 0.6) is 0 Å². The van der Waals surface area contributed by atoms with Gasteiger partial charge in [-0.15, -0.1) is 0 Å². The van der Waals surface area contributed by atoms with Gasteiger partial charge in [-0.05, 0) is 36.8 Å². The van der Waals surface area contributed by atoms with E-state index >= 15 is 0 Å². The summed E-state index contributed by atoms with van der Waals surface area (Å²) in [5.74, 6) is 8.76. The van der Waals surface area contributed by atoms with Crippen molar-refractivity contribution in [1.82, 2.24) is 15.2 Å². The van der Waals surface area contributed by atoms with Crippen molar-refractivity contribution in [3.8, 4) is 0 Å². The fraction of sp³-hybridized carbons (Fsp3) is 0.700. The van der Waals surface area contributed by atoms with Crippen LogP contribution < -0.4 is 11.3 Å². The van der Waals surface area contributed by atoms with Crippen molar-refractivity contribution in [3.63, 3.8) is 0 Å². The molecule has 84 valence electrons. The minimum Gasteiger partial charge on any atom is -0.271 e. The molecule has 2 heterocycles. The van der Waals surface area contributed by atoms with Crippen LogP contribution >= 0.6 is 11.8 Å². The molecule has 0 saturated carbocycles. The maximum absolute atomic E-state index is 5.67. The van der Waals surface area contributed by atoms with Gasteiger partial charge in [0.15, 0.2) is 0 Å². The Labute approximate surface area is 94.6 Å². The molecule has 1 aromatic rings. The van der Waals surface area contributed by atoms with Crippen LogP contribution in [0.15, 0.2) is 12.3 Å². The highest BCUT2D eigenvalue weighted by molar-refractivity contribution is 7.99. The van der Waals surface area contributed by atoms with E-state index in [1.807, 2.05) is 22.6 Å². The molecule has 0 bridgehead atoms. The molecule has 0 aromatic carbocycles. The summed E-state index contributed by atoms with van der Waals surface area (Å²) in [5, 5.41) is 4.29. The minimum absolute atomic E-state index is 0.252. The number of thioether (sulfide) groups is 1. The number of nitrogens with one attached hydrogen (secondary N) is 1. The smallest absolute Gasteiger partial charge is 0.0665 e. The maximum Gasteiger partial charge on any atom is 0.0665 e. The summed E-state index contributed by atoms with van der Waals surface area (Å²) in [4.78, 5) is 0. The van der Waals surface area contributed by atoms with E-state index in [-0.39, 0.29) is 6.04 Å². The third-order valence-corrected chi connectivity index (χ3v) is 4.17. The fourth-order valence-electron chi connectivity index (χ4n) is 2.15. The summed E-state index contributed by atoms with van der Waals surface area (Å²) in [6, 6.07) is 2.32. The number of nitrogens with two attached hydrogens (primary N) is 1. The molecular formula is C10H18N4S. The van der Waals surface area contributed by atoms with Gasteiger partial charge in [0.1, 0.15) is 0 Å². The van der Waals surface area contributed by atoms with Crippen LogP contribution in [0.2, 0.25) is 0 Å². The van der Waals surface area contributed by atoms with Crippen molar-refractivity contribution in [2.75, 3.05) is 11.5 Å². The molecule has 4 nitrogen and oxygen atoms in total. The zero-order valence-electron chi connectivity index (χ0n) is 9.02. The monoisotopic (exact) mass is 226 g/mol. The van der Waals surface area contributed by atoms with Crippen molar-refractivity contribution in [2.45, 2.75) is 25.9 Å². The largest absolute Gasteiger partial charge is 0.271 e. The molecule has 1 saturated heterocycles. The Morgan fingerprint density at radius 3 is 3.27 bits per heavy atom. The van der Waals surface area contributed by atoms with Gasteiger partial charge in [0.2, 0.25) is 0 Å². The van der Waals surface area contributed by atoms with Gasteiger partial charge >= 0.3 is 0 Å². The highest BCUT2D eigenvalue weighted by Crippen LogP contribution is 2.33. The van der Waals surface area contributed by atoms with E-state index in [2.05, 4.69) is 23.5 Å². The van der Waals surface area contributed by atoms with Gasteiger partial charge in [-0.1, -0.05) is 0 Å². The summed E-state index contributed by atoms with van der Waals surface area (Å²) in [5.41, 5.74) is 4.16. The molecule has 5 heteroatoms. The summed E-state index contributed by atoms with van der Waals surface area (Å²) < 4.78 is 2.02. The van der Waals surface area contributed by atoms with E-state index < -0.39 is 0 Å². The van der Waals surface area contributed by atoms with Gasteiger partial charge in [-0.2, -0.15) is 16.9 Å². The van der Waals surface area contributed by atoms with Crippen LogP contribution in [0.25, 0.3) is 0 Å². The first-order chi connectivity index (χ1) is 7.36. The van der Waals surface area contributed by atoms with Gasteiger partial charge in [-0.25, -0.2) is 0 Å². The number of aromatic nitrogens is 2. The van der Waals surface area contributed by atoms with E-state index in [4.69, 9.17) is 5.84 Å². The Morgan fingerprint density at radius 1 is 1.80 bits per heavy atom. The number of nitrogens with zero attached hydrogens (tertiary/aromatic N) is 2. The average molecular weight is 226 g/mol. The van der Waals surface area contributed by atoms with Crippen molar-refractivity contribution >= 4 is 11.8 Å². The van der Waals surface area contributed by atoms with Crippen LogP contribution in [-0.2, 0) is 6.54 Å². The second-order valence-electron chi connectivity index (χ2n) is 3.84. The molecule has 15 heavy (non-hydrogen) atoms. The number of rotatable bonds is 4. The molecular weight excluding hydrogens is 208 g/mol. The van der Waals surface area contributed by atoms with E-state index in [9.17, 15) is 0 Å². The van der Waals surface area contributed by atoms with Gasteiger partial charge < -0.3 is 0 Å². The number of hydrogen-bond donors (Lipinski definition) is 2. The molecule has 0 spiro atoms. The second kappa shape index (κ2) is 5.01. The topological polar surface area (TPSA) is 55.9 Å². The molecule has 2 atom stereocenters. The summed E-state index contributed by atoms with van der Waals surface area (Å²) in [6.45, 7) is 3.01. The molecule has 2 rings (SSSR count). The summed E-state index contributed by atoms with van der Waals surface area (Å²) in [7, 11) is 0. The standard InChI is InChI=1S/C10H18N4S/c1-2-14-9(3-5-12-14)10(13-11)8-4-6-15-7-8/h3,5,8,10,13H,2,4,6-7,11H2,1H3. The van der Waals surface area contributed by atoms with Gasteiger partial charge in [0.05, 0.1) is 11.7 Å². The Morgan fingerprint density at radius 2 is 2.67 bits per heavy atom. The molecule has 1 aliphatic heterocycles. The van der Waals surface area contributed by atoms with Crippen LogP contribution in [0.1, 0.15) is 25.1 Å². The van der Waals surface area contributed by atoms with Crippen LogP contribution in [0, 0.1) is 5.92 Å². The normalized spacial score (nSPS) is 23.2. The number of hydrazine groups is 1. The zero-order valence-corrected chi connectivity index (χ0v) is 9.83. The lowest BCUT2D eigenvalue weighted by atomic mass is 9.97. The third kappa shape index (κ3) is 2.19. The first kappa shape index (κ1) is 11.0. The third-order valence-electron chi connectivity index (χ3n) is 2.98. The number of aryl methyl sites for hydroxylation is 1. The molecule has 0 radical (unpaired) electrons. The van der Waals surface area contributed by atoms with Crippen LogP contribution in [-0.4, -0.2) is 21.3 Å². The van der Waals surface area contributed by atoms with Gasteiger partial charge in [-0.3, -0.25) is 16.0 Å². The minimum atomic E-state index is 0.252. The lowest BCUT2D eigenvalue weighted by Gasteiger charge is -2.22. The van der Waals surface area contributed by atoms with Crippen molar-refractivity contribution < 1.29 is 0 Å². The van der Waals surface area contributed by atoms with Crippen molar-refractivity contribution in [2.24, 2.45) is 11.8 Å². The predicted octanol–water partition coefficient (Wildman–Crippen LogP) is 1.16. The Hall–Kier alpha value is -0.520. The Bertz CT molecular complexity index is 306. The maximum atomic E-state index is 5.67. The predicted molar refractivity (Wildman–Crippen MR) is 63.4 cm³/mol. The lowest BCUT2D eigenvalue weighted by molar-refractivity contribution is 0.374. The quantitative estimate of drug-likeness (QED) is 0.597. The molecule has 2 unspecified atom stereocenters. The first-order valence-corrected chi connectivity index (χ1v) is 6.58. The fourth-order valence-corrected chi connectivity index (χ4v) is 3.45. The molecule has 0 amide bonds. The highest BCUT2D eigenvalue weighted by Gasteiger charge is 2.27. The van der Waals surface area contributed by atoms with Crippen LogP contribution in [0.4, 0.5) is 0 Å². The SMILES string of the molecule is CCn1nccc1C(NN)C1CCSC1. The van der Waals surface area contributed by atoms with E-state index in [1.165, 1.54) is 23.6 Å². The molecule has 1 aliphatic rings. The second-order valence-corrected chi connectivity index (χ2v) is 4.99. The molecule has 3 N–H and O–H groups in total. The summed E-state index contributed by atoms with van der Waals surface area (Å²) in [6.07, 6.45) is 3.10. The first-order valence-electron chi connectivity index (χ1n) is 5.42. The Kier molecular flexibility index (Phi) is 3.66. The average Bonchev–Trinajstić information content (AvgIpc) is 2.89. The van der Waals surface area contributed by atoms with E-state index in [1.54, 1.807) is 0 Å². The molecule has 0 aliphatic carbocycles. The summed E-state index contributed by atoms with van der Waals surface area (Å²) >= 11 is 2.01. The van der Waals surface area contributed by atoms with Crippen LogP contribution in [0.3, 0.4) is 0 Å². The van der Waals surface area contributed by atoms with Crippen molar-refractivity contribution in [1.29, 1.82) is 0 Å². The Balaban J connectivity index is 2.17. The van der Waals surface area contributed by atoms with E-state index in [0.717, 1.165) is 6.54 Å². The highest BCUT2D eigenvalue weighted by atomic mass is 32.2. The van der Waals surface area contributed by atoms with Gasteiger partial charge in [0, 0.05) is 12.7 Å². The zero-order chi connectivity index (χ0) is 10.7. The lowest BCUT2D eigenvalue weighted by Crippen LogP contribution is -2.35. The van der Waals surface area contributed by atoms with E-state index in [0.29, 0.717) is 5.92 Å². The molecule has 1 aromatic heterocycles.